The number of Topliss-reactive ketones (excluding diaryl/α,β-unsaturated/α-hetero) is 1. The predicted octanol–water partition coefficient (Wildman–Crippen LogP) is 3.55. The Morgan fingerprint density at radius 2 is 2.24 bits per heavy atom. The van der Waals surface area contributed by atoms with Gasteiger partial charge in [0.1, 0.15) is 5.92 Å². The van der Waals surface area contributed by atoms with Crippen molar-refractivity contribution < 1.29 is 4.79 Å². The molecule has 3 rings (SSSR count). The van der Waals surface area contributed by atoms with Gasteiger partial charge >= 0.3 is 0 Å². The predicted molar refractivity (Wildman–Crippen MR) is 86.9 cm³/mol. The molecule has 5 heteroatoms. The highest BCUT2D eigenvalue weighted by atomic mass is 32.1. The van der Waals surface area contributed by atoms with E-state index in [0.29, 0.717) is 11.4 Å². The topological polar surface area (TPSA) is 52.9 Å². The van der Waals surface area contributed by atoms with Gasteiger partial charge in [-0.05, 0) is 23.3 Å². The molecule has 1 aromatic rings. The zero-order valence-corrected chi connectivity index (χ0v) is 13.6. The number of carbonyl (C=O) groups excluding carboxylic acids is 1. The van der Waals surface area contributed by atoms with E-state index < -0.39 is 5.92 Å². The van der Waals surface area contributed by atoms with Crippen molar-refractivity contribution in [1.82, 2.24) is 5.32 Å². The van der Waals surface area contributed by atoms with E-state index in [4.69, 9.17) is 12.2 Å². The third-order valence-corrected chi connectivity index (χ3v) is 5.42. The van der Waals surface area contributed by atoms with Crippen molar-refractivity contribution in [2.24, 2.45) is 11.3 Å². The number of nitrogens with one attached hydrogen (secondary N) is 1. The molecule has 0 unspecified atom stereocenters. The van der Waals surface area contributed by atoms with Crippen LogP contribution in [0, 0.1) is 22.7 Å². The van der Waals surface area contributed by atoms with Crippen LogP contribution in [0.3, 0.4) is 0 Å². The third kappa shape index (κ3) is 2.43. The van der Waals surface area contributed by atoms with Crippen LogP contribution in [0.15, 0.2) is 28.8 Å². The summed E-state index contributed by atoms with van der Waals surface area (Å²) in [6, 6.07) is 6.23. The number of carbonyl (C=O) groups is 1. The van der Waals surface area contributed by atoms with Crippen LogP contribution in [-0.4, -0.2) is 10.8 Å². The molecule has 0 saturated heterocycles. The van der Waals surface area contributed by atoms with Crippen molar-refractivity contribution in [2.75, 3.05) is 0 Å². The molecule has 0 saturated carbocycles. The molecular weight excluding hydrogens is 300 g/mol. The summed E-state index contributed by atoms with van der Waals surface area (Å²) in [5, 5.41) is 14.7. The zero-order chi connectivity index (χ0) is 15.2. The first-order chi connectivity index (χ1) is 9.93. The molecule has 0 fully saturated rings. The maximum absolute atomic E-state index is 12.7. The first-order valence-corrected chi connectivity index (χ1v) is 8.22. The van der Waals surface area contributed by atoms with E-state index >= 15 is 0 Å². The minimum Gasteiger partial charge on any atom is -0.352 e. The van der Waals surface area contributed by atoms with E-state index in [1.54, 1.807) is 11.3 Å². The maximum Gasteiger partial charge on any atom is 0.161 e. The number of nitriles is 1. The smallest absolute Gasteiger partial charge is 0.161 e. The summed E-state index contributed by atoms with van der Waals surface area (Å²) in [4.78, 5) is 14.3. The lowest BCUT2D eigenvalue weighted by atomic mass is 9.69. The number of nitrogens with zero attached hydrogens (tertiary/aromatic N) is 1. The summed E-state index contributed by atoms with van der Waals surface area (Å²) in [6.45, 7) is 4.19. The van der Waals surface area contributed by atoms with Crippen LogP contribution in [0.1, 0.15) is 37.5 Å². The first-order valence-electron chi connectivity index (χ1n) is 6.93. The molecule has 2 heterocycles. The summed E-state index contributed by atoms with van der Waals surface area (Å²) in [5.74, 6) is -0.514. The number of rotatable bonds is 1. The molecular formula is C16H16N2OS2. The van der Waals surface area contributed by atoms with Gasteiger partial charge in [0.05, 0.1) is 11.1 Å². The van der Waals surface area contributed by atoms with Gasteiger partial charge in [0, 0.05) is 28.5 Å². The molecule has 21 heavy (non-hydrogen) atoms. The fourth-order valence-electron chi connectivity index (χ4n) is 3.26. The van der Waals surface area contributed by atoms with Gasteiger partial charge in [-0.25, -0.2) is 0 Å². The summed E-state index contributed by atoms with van der Waals surface area (Å²) in [5.41, 5.74) is 1.64. The van der Waals surface area contributed by atoms with Gasteiger partial charge in [-0.2, -0.15) is 5.26 Å². The minimum atomic E-state index is -0.456. The summed E-state index contributed by atoms with van der Waals surface area (Å²) in [7, 11) is 0. The Bertz CT molecular complexity index is 680. The minimum absolute atomic E-state index is 0.0575. The fourth-order valence-corrected chi connectivity index (χ4v) is 4.44. The standard InChI is InChI=1S/C16H16N2OS2/c1-16(2)6-10-14(11(19)7-16)13(12-4-3-5-21-12)9(8-17)15(20)18-10/h3-5,9,13H,6-7H2,1-2H3,(H,18,20)/t9-,13+/m0/s1. The van der Waals surface area contributed by atoms with E-state index in [1.165, 1.54) is 0 Å². The number of hydrogen-bond acceptors (Lipinski definition) is 4. The summed E-state index contributed by atoms with van der Waals surface area (Å²) < 4.78 is 0. The molecule has 1 aliphatic carbocycles. The van der Waals surface area contributed by atoms with Gasteiger partial charge < -0.3 is 5.32 Å². The Balaban J connectivity index is 2.16. The van der Waals surface area contributed by atoms with Gasteiger partial charge in [-0.3, -0.25) is 4.79 Å². The molecule has 2 aliphatic rings. The number of thiophene rings is 1. The summed E-state index contributed by atoms with van der Waals surface area (Å²) >= 11 is 6.97. The Hall–Kier alpha value is -1.51. The second-order valence-corrected chi connectivity index (χ2v) is 7.84. The average Bonchev–Trinajstić information content (AvgIpc) is 2.88. The van der Waals surface area contributed by atoms with Crippen LogP contribution in [0.25, 0.3) is 0 Å². The average molecular weight is 316 g/mol. The van der Waals surface area contributed by atoms with Crippen LogP contribution in [0.5, 0.6) is 0 Å². The molecule has 0 bridgehead atoms. The van der Waals surface area contributed by atoms with Crippen molar-refractivity contribution in [3.05, 3.63) is 33.7 Å². The second-order valence-electron chi connectivity index (χ2n) is 6.42. The molecule has 0 radical (unpaired) electrons. The Morgan fingerprint density at radius 3 is 2.86 bits per heavy atom. The molecule has 2 atom stereocenters. The lowest BCUT2D eigenvalue weighted by molar-refractivity contribution is -0.118. The zero-order valence-electron chi connectivity index (χ0n) is 12.0. The van der Waals surface area contributed by atoms with Gasteiger partial charge in [-0.15, -0.1) is 11.3 Å². The highest BCUT2D eigenvalue weighted by Gasteiger charge is 2.44. The van der Waals surface area contributed by atoms with E-state index in [9.17, 15) is 10.1 Å². The quantitative estimate of drug-likeness (QED) is 0.805. The van der Waals surface area contributed by atoms with Crippen LogP contribution in [0.4, 0.5) is 0 Å². The third-order valence-electron chi connectivity index (χ3n) is 4.11. The van der Waals surface area contributed by atoms with E-state index in [1.807, 2.05) is 17.5 Å². The molecule has 3 nitrogen and oxygen atoms in total. The van der Waals surface area contributed by atoms with Crippen LogP contribution in [0.2, 0.25) is 0 Å². The molecule has 1 N–H and O–H groups in total. The van der Waals surface area contributed by atoms with Gasteiger partial charge in [0.15, 0.2) is 5.78 Å². The van der Waals surface area contributed by atoms with E-state index in [2.05, 4.69) is 25.2 Å². The molecule has 1 aliphatic heterocycles. The Labute approximate surface area is 133 Å². The Morgan fingerprint density at radius 1 is 1.48 bits per heavy atom. The van der Waals surface area contributed by atoms with Crippen LogP contribution < -0.4 is 5.32 Å². The van der Waals surface area contributed by atoms with Gasteiger partial charge in [0.2, 0.25) is 0 Å². The van der Waals surface area contributed by atoms with Crippen molar-refractivity contribution >= 4 is 34.3 Å². The lowest BCUT2D eigenvalue weighted by Gasteiger charge is -2.40. The highest BCUT2D eigenvalue weighted by Crippen LogP contribution is 2.46. The molecule has 0 aromatic carbocycles. The molecule has 0 amide bonds. The second kappa shape index (κ2) is 5.04. The largest absolute Gasteiger partial charge is 0.352 e. The van der Waals surface area contributed by atoms with Crippen molar-refractivity contribution in [1.29, 1.82) is 5.26 Å². The highest BCUT2D eigenvalue weighted by molar-refractivity contribution is 7.80. The molecule has 0 spiro atoms. The van der Waals surface area contributed by atoms with Crippen molar-refractivity contribution in [3.8, 4) is 6.07 Å². The molecule has 1 aromatic heterocycles. The number of ketones is 1. The van der Waals surface area contributed by atoms with Crippen LogP contribution >= 0.6 is 23.6 Å². The maximum atomic E-state index is 12.7. The monoisotopic (exact) mass is 316 g/mol. The fraction of sp³-hybridized carbons (Fsp3) is 0.438. The number of thiocarbonyl (C=S) groups is 1. The first kappa shape index (κ1) is 14.4. The van der Waals surface area contributed by atoms with Gasteiger partial charge in [-0.1, -0.05) is 32.1 Å². The van der Waals surface area contributed by atoms with Gasteiger partial charge in [0.25, 0.3) is 0 Å². The van der Waals surface area contributed by atoms with E-state index in [0.717, 1.165) is 22.6 Å². The number of allylic oxidation sites excluding steroid dienone is 2. The van der Waals surface area contributed by atoms with Crippen molar-refractivity contribution in [2.45, 2.75) is 32.6 Å². The molecule has 108 valence electrons. The normalized spacial score (nSPS) is 27.9. The number of hydrogen-bond donors (Lipinski definition) is 1. The van der Waals surface area contributed by atoms with E-state index in [-0.39, 0.29) is 17.1 Å². The lowest BCUT2D eigenvalue weighted by Crippen LogP contribution is -2.44. The Kier molecular flexibility index (Phi) is 3.46. The van der Waals surface area contributed by atoms with Crippen molar-refractivity contribution in [3.63, 3.8) is 0 Å². The van der Waals surface area contributed by atoms with Crippen LogP contribution in [-0.2, 0) is 4.79 Å². The summed E-state index contributed by atoms with van der Waals surface area (Å²) in [6.07, 6.45) is 1.33. The SMILES string of the molecule is CC1(C)CC(=O)C2=C(C1)NC(=S)[C@@H](C#N)[C@@H]2c1cccs1.